The average Bonchev–Trinajstić information content (AvgIpc) is 3.30. The fraction of sp³-hybridized carbons (Fsp3) is 0.452. The predicted molar refractivity (Wildman–Crippen MR) is 160 cm³/mol. The molecule has 1 aliphatic rings. The molecular formula is C31H37N3O7S. The zero-order valence-corrected chi connectivity index (χ0v) is 25.5. The molecule has 0 radical (unpaired) electrons. The minimum Gasteiger partial charge on any atom is -0.462 e. The highest BCUT2D eigenvalue weighted by Crippen LogP contribution is 2.35. The number of nitrogens with zero attached hydrogens (tertiary/aromatic N) is 2. The molecule has 1 aromatic carbocycles. The summed E-state index contributed by atoms with van der Waals surface area (Å²) in [6.07, 6.45) is 0.741. The van der Waals surface area contributed by atoms with Crippen molar-refractivity contribution >= 4 is 51.1 Å². The van der Waals surface area contributed by atoms with Crippen molar-refractivity contribution in [2.24, 2.45) is 0 Å². The van der Waals surface area contributed by atoms with Gasteiger partial charge in [-0.2, -0.15) is 0 Å². The van der Waals surface area contributed by atoms with Gasteiger partial charge in [-0.3, -0.25) is 14.7 Å². The second-order valence-corrected chi connectivity index (χ2v) is 11.0. The van der Waals surface area contributed by atoms with E-state index in [1.54, 1.807) is 27.7 Å². The average molecular weight is 596 g/mol. The number of hydrogen-bond donors (Lipinski definition) is 1. The molecule has 0 saturated carbocycles. The van der Waals surface area contributed by atoms with Crippen molar-refractivity contribution in [2.75, 3.05) is 31.6 Å². The van der Waals surface area contributed by atoms with Crippen molar-refractivity contribution < 1.29 is 33.4 Å². The quantitative estimate of drug-likeness (QED) is 0.232. The number of ether oxygens (including phenoxy) is 3. The van der Waals surface area contributed by atoms with Gasteiger partial charge in [0.25, 0.3) is 5.91 Å². The normalized spacial score (nSPS) is 13.7. The maximum atomic E-state index is 13.8. The lowest BCUT2D eigenvalue weighted by Gasteiger charge is -2.30. The molecule has 0 saturated heterocycles. The molecule has 1 amide bonds. The van der Waals surface area contributed by atoms with Crippen LogP contribution in [0.25, 0.3) is 10.9 Å². The van der Waals surface area contributed by atoms with Crippen LogP contribution in [0.2, 0.25) is 0 Å². The lowest BCUT2D eigenvalue weighted by atomic mass is 9.95. The first-order valence-electron chi connectivity index (χ1n) is 14.4. The molecule has 2 aromatic heterocycles. The van der Waals surface area contributed by atoms with Gasteiger partial charge in [0, 0.05) is 36.2 Å². The van der Waals surface area contributed by atoms with Gasteiger partial charge in [0.15, 0.2) is 6.10 Å². The van der Waals surface area contributed by atoms with Crippen molar-refractivity contribution in [3.05, 3.63) is 57.1 Å². The van der Waals surface area contributed by atoms with Crippen LogP contribution in [0, 0.1) is 6.92 Å². The van der Waals surface area contributed by atoms with E-state index in [4.69, 9.17) is 19.2 Å². The zero-order chi connectivity index (χ0) is 30.4. The van der Waals surface area contributed by atoms with Gasteiger partial charge in [0.1, 0.15) is 9.88 Å². The molecule has 0 aliphatic carbocycles. The Morgan fingerprint density at radius 1 is 1.00 bits per heavy atom. The molecule has 1 unspecified atom stereocenters. The maximum absolute atomic E-state index is 13.8. The molecule has 11 heteroatoms. The Morgan fingerprint density at radius 3 is 2.40 bits per heavy atom. The van der Waals surface area contributed by atoms with Gasteiger partial charge in [-0.25, -0.2) is 14.4 Å². The van der Waals surface area contributed by atoms with Gasteiger partial charge in [0.05, 0.1) is 29.9 Å². The molecule has 0 fully saturated rings. The summed E-state index contributed by atoms with van der Waals surface area (Å²) in [5, 5.41) is 3.52. The van der Waals surface area contributed by atoms with Crippen LogP contribution in [0.15, 0.2) is 24.3 Å². The first-order valence-corrected chi connectivity index (χ1v) is 15.2. The van der Waals surface area contributed by atoms with E-state index < -0.39 is 29.9 Å². The first-order chi connectivity index (χ1) is 20.2. The molecule has 224 valence electrons. The second kappa shape index (κ2) is 13.9. The molecule has 3 heterocycles. The number of pyridine rings is 1. The third-order valence-corrected chi connectivity index (χ3v) is 8.29. The van der Waals surface area contributed by atoms with Gasteiger partial charge < -0.3 is 19.5 Å². The highest BCUT2D eigenvalue weighted by Gasteiger charge is 2.32. The molecule has 1 aliphatic heterocycles. The van der Waals surface area contributed by atoms with E-state index in [0.29, 0.717) is 28.6 Å². The molecule has 1 atom stereocenters. The third-order valence-electron chi connectivity index (χ3n) is 7.11. The van der Waals surface area contributed by atoms with E-state index in [0.717, 1.165) is 48.5 Å². The minimum atomic E-state index is -1.15. The summed E-state index contributed by atoms with van der Waals surface area (Å²) in [5.41, 5.74) is 3.24. The van der Waals surface area contributed by atoms with E-state index >= 15 is 0 Å². The maximum Gasteiger partial charge on any atom is 0.348 e. The number of rotatable bonds is 11. The smallest absolute Gasteiger partial charge is 0.348 e. The summed E-state index contributed by atoms with van der Waals surface area (Å²) in [7, 11) is 0. The number of carbonyl (C=O) groups is 4. The van der Waals surface area contributed by atoms with Gasteiger partial charge in [-0.15, -0.1) is 11.3 Å². The van der Waals surface area contributed by atoms with E-state index in [1.165, 1.54) is 0 Å². The summed E-state index contributed by atoms with van der Waals surface area (Å²) in [6, 6.07) is 7.43. The van der Waals surface area contributed by atoms with Crippen LogP contribution in [0.4, 0.5) is 5.00 Å². The largest absolute Gasteiger partial charge is 0.462 e. The van der Waals surface area contributed by atoms with Gasteiger partial charge >= 0.3 is 17.9 Å². The standard InChI is InChI=1S/C31H37N3O7S/c1-6-15-34-16-14-22-20(17-34)25(19-12-10-11-13-21(19)32-22)30(37)41-23(7-2)27(35)33-28-24(29(36)39-8-3)18(5)26(42-28)31(38)40-9-4/h10-13,23H,6-9,14-17H2,1-5H3,(H,33,35). The third kappa shape index (κ3) is 6.47. The Kier molecular flexibility index (Phi) is 10.3. The monoisotopic (exact) mass is 595 g/mol. The minimum absolute atomic E-state index is 0.0737. The number of para-hydroxylation sites is 1. The van der Waals surface area contributed by atoms with Crippen LogP contribution in [-0.4, -0.2) is 66.1 Å². The predicted octanol–water partition coefficient (Wildman–Crippen LogP) is 5.30. The number of carbonyl (C=O) groups excluding carboxylic acids is 4. The highest BCUT2D eigenvalue weighted by atomic mass is 32.1. The van der Waals surface area contributed by atoms with E-state index in [1.807, 2.05) is 24.3 Å². The molecule has 4 rings (SSSR count). The highest BCUT2D eigenvalue weighted by molar-refractivity contribution is 7.18. The fourth-order valence-electron chi connectivity index (χ4n) is 5.13. The second-order valence-electron chi connectivity index (χ2n) is 9.95. The van der Waals surface area contributed by atoms with Crippen molar-refractivity contribution in [3.63, 3.8) is 0 Å². The number of hydrogen-bond acceptors (Lipinski definition) is 10. The van der Waals surface area contributed by atoms with Crippen LogP contribution in [0.3, 0.4) is 0 Å². The van der Waals surface area contributed by atoms with Crippen molar-refractivity contribution in [3.8, 4) is 0 Å². The number of aromatic nitrogens is 1. The molecule has 1 N–H and O–H groups in total. The Morgan fingerprint density at radius 2 is 1.71 bits per heavy atom. The SMILES string of the molecule is CCCN1CCc2nc3ccccc3c(C(=O)OC(CC)C(=O)Nc3sc(C(=O)OCC)c(C)c3C(=O)OCC)c2C1. The van der Waals surface area contributed by atoms with Crippen LogP contribution < -0.4 is 5.32 Å². The number of fused-ring (bicyclic) bond motifs is 2. The molecule has 42 heavy (non-hydrogen) atoms. The fourth-order valence-corrected chi connectivity index (χ4v) is 6.22. The topological polar surface area (TPSA) is 124 Å². The molecule has 0 bridgehead atoms. The lowest BCUT2D eigenvalue weighted by Crippen LogP contribution is -2.35. The zero-order valence-electron chi connectivity index (χ0n) is 24.7. The van der Waals surface area contributed by atoms with E-state index in [9.17, 15) is 19.2 Å². The van der Waals surface area contributed by atoms with Crippen molar-refractivity contribution in [1.82, 2.24) is 9.88 Å². The Hall–Kier alpha value is -3.83. The number of esters is 3. The molecule has 0 spiro atoms. The molecule has 10 nitrogen and oxygen atoms in total. The number of benzene rings is 1. The summed E-state index contributed by atoms with van der Waals surface area (Å²) in [5.74, 6) is -2.50. The van der Waals surface area contributed by atoms with Crippen molar-refractivity contribution in [2.45, 2.75) is 66.5 Å². The van der Waals surface area contributed by atoms with Crippen LogP contribution in [0.1, 0.15) is 87.7 Å². The van der Waals surface area contributed by atoms with E-state index in [-0.39, 0.29) is 35.1 Å². The summed E-state index contributed by atoms with van der Waals surface area (Å²) in [4.78, 5) is 59.9. The lowest BCUT2D eigenvalue weighted by molar-refractivity contribution is -0.124. The number of anilines is 1. The molecular weight excluding hydrogens is 558 g/mol. The van der Waals surface area contributed by atoms with Crippen LogP contribution >= 0.6 is 11.3 Å². The summed E-state index contributed by atoms with van der Waals surface area (Å²) in [6.45, 7) is 11.4. The molecule has 3 aromatic rings. The number of amides is 1. The first kappa shape index (κ1) is 31.1. The van der Waals surface area contributed by atoms with Crippen molar-refractivity contribution in [1.29, 1.82) is 0 Å². The number of nitrogens with one attached hydrogen (secondary N) is 1. The van der Waals surface area contributed by atoms with Crippen LogP contribution in [0.5, 0.6) is 0 Å². The van der Waals surface area contributed by atoms with Gasteiger partial charge in [-0.05, 0) is 51.8 Å². The van der Waals surface area contributed by atoms with E-state index in [2.05, 4.69) is 17.1 Å². The Labute approximate surface area is 249 Å². The Bertz CT molecular complexity index is 1500. The number of thiophene rings is 1. The van der Waals surface area contributed by atoms with Gasteiger partial charge in [0.2, 0.25) is 0 Å². The summed E-state index contributed by atoms with van der Waals surface area (Å²) < 4.78 is 16.2. The summed E-state index contributed by atoms with van der Waals surface area (Å²) >= 11 is 0.924. The Balaban J connectivity index is 1.65. The van der Waals surface area contributed by atoms with Gasteiger partial charge in [-0.1, -0.05) is 32.0 Å². The van der Waals surface area contributed by atoms with Crippen LogP contribution in [-0.2, 0) is 32.0 Å².